The van der Waals surface area contributed by atoms with Gasteiger partial charge in [0.2, 0.25) is 5.91 Å². The summed E-state index contributed by atoms with van der Waals surface area (Å²) in [6.45, 7) is 6.49. The third-order valence-electron chi connectivity index (χ3n) is 14.4. The van der Waals surface area contributed by atoms with Crippen molar-refractivity contribution in [3.05, 3.63) is 48.6 Å². The number of carbonyl (C=O) groups excluding carboxylic acids is 2. The van der Waals surface area contributed by atoms with E-state index in [0.717, 1.165) is 89.9 Å². The van der Waals surface area contributed by atoms with Crippen LogP contribution in [0.25, 0.3) is 0 Å². The minimum absolute atomic E-state index is 0.0611. The molecular formula is C65H121NO5. The number of aliphatic hydroxyl groups excluding tert-OH is 2. The predicted octanol–water partition coefficient (Wildman–Crippen LogP) is 19.7. The van der Waals surface area contributed by atoms with E-state index in [-0.39, 0.29) is 24.9 Å². The van der Waals surface area contributed by atoms with Gasteiger partial charge in [0.25, 0.3) is 0 Å². The Balaban J connectivity index is 4.57. The maximum absolute atomic E-state index is 13.3. The maximum atomic E-state index is 13.3. The number of rotatable bonds is 57. The lowest BCUT2D eigenvalue weighted by molar-refractivity contribution is -0.151. The van der Waals surface area contributed by atoms with E-state index in [9.17, 15) is 19.8 Å². The summed E-state index contributed by atoms with van der Waals surface area (Å²) >= 11 is 0. The van der Waals surface area contributed by atoms with Gasteiger partial charge in [-0.1, -0.05) is 275 Å². The van der Waals surface area contributed by atoms with Gasteiger partial charge in [-0.15, -0.1) is 0 Å². The first kappa shape index (κ1) is 68.8. The van der Waals surface area contributed by atoms with Crippen LogP contribution in [0.15, 0.2) is 48.6 Å². The molecule has 416 valence electrons. The Morgan fingerprint density at radius 2 is 0.718 bits per heavy atom. The molecule has 3 N–H and O–H groups in total. The minimum Gasteiger partial charge on any atom is -0.462 e. The molecule has 0 aliphatic carbocycles. The Kier molecular flexibility index (Phi) is 56.9. The zero-order valence-electron chi connectivity index (χ0n) is 47.6. The van der Waals surface area contributed by atoms with Crippen molar-refractivity contribution < 1.29 is 24.5 Å². The van der Waals surface area contributed by atoms with Crippen molar-refractivity contribution in [1.82, 2.24) is 5.32 Å². The Hall–Kier alpha value is -2.18. The largest absolute Gasteiger partial charge is 0.462 e. The van der Waals surface area contributed by atoms with Gasteiger partial charge in [0.1, 0.15) is 6.10 Å². The second kappa shape index (κ2) is 58.7. The number of amides is 1. The van der Waals surface area contributed by atoms with Crippen LogP contribution in [0.4, 0.5) is 0 Å². The second-order valence-electron chi connectivity index (χ2n) is 21.5. The highest BCUT2D eigenvalue weighted by molar-refractivity contribution is 5.77. The topological polar surface area (TPSA) is 95.9 Å². The molecule has 0 bridgehead atoms. The monoisotopic (exact) mass is 996 g/mol. The number of unbranched alkanes of at least 4 members (excludes halogenated alkanes) is 37. The molecule has 71 heavy (non-hydrogen) atoms. The smallest absolute Gasteiger partial charge is 0.306 e. The van der Waals surface area contributed by atoms with Gasteiger partial charge >= 0.3 is 5.97 Å². The molecule has 0 aromatic heterocycles. The van der Waals surface area contributed by atoms with Crippen LogP contribution in [-0.2, 0) is 14.3 Å². The van der Waals surface area contributed by atoms with Crippen LogP contribution in [0.5, 0.6) is 0 Å². The van der Waals surface area contributed by atoms with Crippen LogP contribution in [0.2, 0.25) is 0 Å². The number of esters is 1. The number of hydrogen-bond donors (Lipinski definition) is 3. The molecular weight excluding hydrogens is 875 g/mol. The summed E-state index contributed by atoms with van der Waals surface area (Å²) in [4.78, 5) is 26.4. The predicted molar refractivity (Wildman–Crippen MR) is 310 cm³/mol. The Morgan fingerprint density at radius 1 is 0.408 bits per heavy atom. The fourth-order valence-corrected chi connectivity index (χ4v) is 9.61. The molecule has 0 heterocycles. The SMILES string of the molecule is CCCCC/C=C\C/C=C\C/C=C\CCCCCCC(CC(=O)NC(CO)C(O)CCCCCCCCCCCCCCCCCCC)OC(=O)CCCCCCC/C=C/CCCCCCCCCCC. The lowest BCUT2D eigenvalue weighted by atomic mass is 10.0. The van der Waals surface area contributed by atoms with Crippen molar-refractivity contribution in [2.75, 3.05) is 6.61 Å². The highest BCUT2D eigenvalue weighted by Gasteiger charge is 2.24. The highest BCUT2D eigenvalue weighted by Crippen LogP contribution is 2.19. The van der Waals surface area contributed by atoms with E-state index in [4.69, 9.17) is 4.74 Å². The molecule has 0 aliphatic rings. The standard InChI is InChI=1S/C65H121NO5/c1-4-7-10-13-16-19-22-25-28-31-34-37-40-43-46-49-52-55-58-65(70)71-61(56-53-50-47-44-41-38-35-32-29-26-23-20-17-14-11-8-5-2)59-64(69)66-62(60-67)63(68)57-54-51-48-45-42-39-36-33-30-27-24-21-18-15-12-9-6-3/h17,20,26,29,34-35,37-38,61-63,67-68H,4-16,18-19,21-25,27-28,30-33,36,39-60H2,1-3H3,(H,66,69)/b20-17-,29-26-,37-34+,38-35-. The van der Waals surface area contributed by atoms with Gasteiger partial charge in [-0.2, -0.15) is 0 Å². The van der Waals surface area contributed by atoms with E-state index in [0.29, 0.717) is 19.3 Å². The van der Waals surface area contributed by atoms with E-state index in [1.54, 1.807) is 0 Å². The molecule has 0 fully saturated rings. The van der Waals surface area contributed by atoms with Crippen molar-refractivity contribution in [2.45, 2.75) is 347 Å². The number of hydrogen-bond acceptors (Lipinski definition) is 5. The van der Waals surface area contributed by atoms with Gasteiger partial charge in [-0.05, 0) is 89.9 Å². The van der Waals surface area contributed by atoms with E-state index in [1.807, 2.05) is 0 Å². The van der Waals surface area contributed by atoms with Crippen molar-refractivity contribution >= 4 is 11.9 Å². The molecule has 0 spiro atoms. The number of nitrogens with one attached hydrogen (secondary N) is 1. The van der Waals surface area contributed by atoms with Gasteiger partial charge in [0.05, 0.1) is 25.2 Å². The number of ether oxygens (including phenoxy) is 1. The lowest BCUT2D eigenvalue weighted by Crippen LogP contribution is -2.46. The number of carbonyl (C=O) groups is 2. The van der Waals surface area contributed by atoms with E-state index >= 15 is 0 Å². The molecule has 6 heteroatoms. The average Bonchev–Trinajstić information content (AvgIpc) is 3.36. The molecule has 3 atom stereocenters. The Labute approximate surface area is 442 Å². The molecule has 6 nitrogen and oxygen atoms in total. The summed E-state index contributed by atoms with van der Waals surface area (Å²) in [7, 11) is 0. The van der Waals surface area contributed by atoms with E-state index < -0.39 is 18.2 Å². The number of aliphatic hydroxyl groups is 2. The summed E-state index contributed by atoms with van der Waals surface area (Å²) < 4.78 is 5.97. The van der Waals surface area contributed by atoms with Crippen LogP contribution in [-0.4, -0.2) is 46.9 Å². The first-order chi connectivity index (χ1) is 35.0. The summed E-state index contributed by atoms with van der Waals surface area (Å²) in [5.41, 5.74) is 0. The summed E-state index contributed by atoms with van der Waals surface area (Å²) in [5.74, 6) is -0.491. The van der Waals surface area contributed by atoms with Crippen LogP contribution in [0.1, 0.15) is 329 Å². The third-order valence-corrected chi connectivity index (χ3v) is 14.4. The first-order valence-electron chi connectivity index (χ1n) is 31.4. The van der Waals surface area contributed by atoms with Crippen molar-refractivity contribution in [2.24, 2.45) is 0 Å². The molecule has 0 saturated heterocycles. The maximum Gasteiger partial charge on any atom is 0.306 e. The second-order valence-corrected chi connectivity index (χ2v) is 21.5. The molecule has 0 aromatic carbocycles. The molecule has 0 aromatic rings. The third kappa shape index (κ3) is 53.9. The van der Waals surface area contributed by atoms with Crippen LogP contribution >= 0.6 is 0 Å². The fraction of sp³-hybridized carbons (Fsp3) is 0.846. The van der Waals surface area contributed by atoms with Crippen LogP contribution in [0, 0.1) is 0 Å². The van der Waals surface area contributed by atoms with E-state index in [2.05, 4.69) is 74.7 Å². The van der Waals surface area contributed by atoms with Gasteiger partial charge in [0.15, 0.2) is 0 Å². The van der Waals surface area contributed by atoms with Crippen molar-refractivity contribution in [3.63, 3.8) is 0 Å². The van der Waals surface area contributed by atoms with Gasteiger partial charge in [-0.3, -0.25) is 9.59 Å². The average molecular weight is 997 g/mol. The van der Waals surface area contributed by atoms with Crippen molar-refractivity contribution in [3.8, 4) is 0 Å². The van der Waals surface area contributed by atoms with Gasteiger partial charge < -0.3 is 20.3 Å². The summed E-state index contributed by atoms with van der Waals surface area (Å²) in [6.07, 6.45) is 73.2. The minimum atomic E-state index is -0.797. The fourth-order valence-electron chi connectivity index (χ4n) is 9.61. The molecule has 0 rings (SSSR count). The Bertz CT molecular complexity index is 1210. The normalized spacial score (nSPS) is 13.4. The molecule has 3 unspecified atom stereocenters. The van der Waals surface area contributed by atoms with Gasteiger partial charge in [0, 0.05) is 6.42 Å². The quantitative estimate of drug-likeness (QED) is 0.0321. The highest BCUT2D eigenvalue weighted by atomic mass is 16.5. The zero-order valence-corrected chi connectivity index (χ0v) is 47.6. The van der Waals surface area contributed by atoms with E-state index in [1.165, 1.54) is 193 Å². The molecule has 0 saturated carbocycles. The van der Waals surface area contributed by atoms with Crippen LogP contribution in [0.3, 0.4) is 0 Å². The molecule has 1 amide bonds. The summed E-state index contributed by atoms with van der Waals surface area (Å²) in [5, 5.41) is 24.0. The van der Waals surface area contributed by atoms with Crippen molar-refractivity contribution in [1.29, 1.82) is 0 Å². The Morgan fingerprint density at radius 3 is 1.13 bits per heavy atom. The molecule has 0 aliphatic heterocycles. The zero-order chi connectivity index (χ0) is 51.6. The number of allylic oxidation sites excluding steroid dienone is 8. The van der Waals surface area contributed by atoms with Crippen LogP contribution < -0.4 is 5.32 Å². The summed E-state index contributed by atoms with van der Waals surface area (Å²) in [6, 6.07) is -0.712. The molecule has 0 radical (unpaired) electrons. The van der Waals surface area contributed by atoms with Gasteiger partial charge in [-0.25, -0.2) is 0 Å². The lowest BCUT2D eigenvalue weighted by Gasteiger charge is -2.24. The first-order valence-corrected chi connectivity index (χ1v) is 31.4.